The summed E-state index contributed by atoms with van der Waals surface area (Å²) in [7, 11) is 0. The molecule has 0 amide bonds. The van der Waals surface area contributed by atoms with Crippen molar-refractivity contribution in [3.8, 4) is 0 Å². The molecule has 0 bridgehead atoms. The van der Waals surface area contributed by atoms with E-state index in [4.69, 9.17) is 11.6 Å². The van der Waals surface area contributed by atoms with Gasteiger partial charge in [-0.1, -0.05) is 24.3 Å². The molecule has 3 nitrogen and oxygen atoms in total. The van der Waals surface area contributed by atoms with Gasteiger partial charge in [0.25, 0.3) is 0 Å². The van der Waals surface area contributed by atoms with Crippen LogP contribution in [0.3, 0.4) is 0 Å². The second kappa shape index (κ2) is 5.15. The molecule has 1 atom stereocenters. The number of benzene rings is 1. The summed E-state index contributed by atoms with van der Waals surface area (Å²) in [5.74, 6) is 1.35. The third-order valence-corrected chi connectivity index (χ3v) is 4.57. The predicted octanol–water partition coefficient (Wildman–Crippen LogP) is 3.90. The minimum Gasteiger partial charge on any atom is -0.308 e. The predicted molar refractivity (Wildman–Crippen MR) is 84.6 cm³/mol. The van der Waals surface area contributed by atoms with E-state index in [1.807, 2.05) is 18.3 Å². The Morgan fingerprint density at radius 2 is 2.00 bits per heavy atom. The minimum absolute atomic E-state index is 0.397. The highest BCUT2D eigenvalue weighted by molar-refractivity contribution is 6.16. The standard InChI is InChI=1S/C17H16ClN3/c18-11-16-20-15-6-3-9-19-17(15)21(16)14-8-7-12-4-1-2-5-13(12)10-14/h1-6,9,14H,7-8,10-11H2. The summed E-state index contributed by atoms with van der Waals surface area (Å²) in [4.78, 5) is 9.15. The second-order valence-electron chi connectivity index (χ2n) is 5.54. The van der Waals surface area contributed by atoms with Crippen LogP contribution in [-0.2, 0) is 18.7 Å². The summed E-state index contributed by atoms with van der Waals surface area (Å²) in [6, 6.07) is 13.0. The topological polar surface area (TPSA) is 30.7 Å². The van der Waals surface area contributed by atoms with Gasteiger partial charge in [-0.25, -0.2) is 9.97 Å². The first-order valence-corrected chi connectivity index (χ1v) is 7.85. The molecule has 1 unspecified atom stereocenters. The van der Waals surface area contributed by atoms with E-state index in [0.717, 1.165) is 36.3 Å². The zero-order valence-electron chi connectivity index (χ0n) is 11.7. The lowest BCUT2D eigenvalue weighted by atomic mass is 9.88. The highest BCUT2D eigenvalue weighted by Gasteiger charge is 2.24. The Morgan fingerprint density at radius 3 is 2.86 bits per heavy atom. The lowest BCUT2D eigenvalue weighted by molar-refractivity contribution is 0.441. The van der Waals surface area contributed by atoms with Gasteiger partial charge >= 0.3 is 0 Å². The third kappa shape index (κ3) is 2.12. The number of aryl methyl sites for hydroxylation is 1. The molecule has 0 fully saturated rings. The molecule has 4 rings (SSSR count). The molecule has 0 aliphatic heterocycles. The first kappa shape index (κ1) is 12.8. The van der Waals surface area contributed by atoms with E-state index >= 15 is 0 Å². The van der Waals surface area contributed by atoms with Crippen molar-refractivity contribution in [2.75, 3.05) is 0 Å². The van der Waals surface area contributed by atoms with Crippen LogP contribution < -0.4 is 0 Å². The molecule has 1 aliphatic rings. The Kier molecular flexibility index (Phi) is 3.15. The average Bonchev–Trinajstić information content (AvgIpc) is 2.93. The molecule has 4 heteroatoms. The molecule has 3 aromatic rings. The van der Waals surface area contributed by atoms with Crippen molar-refractivity contribution >= 4 is 22.8 Å². The lowest BCUT2D eigenvalue weighted by Gasteiger charge is -2.27. The van der Waals surface area contributed by atoms with Gasteiger partial charge in [-0.2, -0.15) is 0 Å². The van der Waals surface area contributed by atoms with Crippen LogP contribution in [0.4, 0.5) is 0 Å². The fourth-order valence-electron chi connectivity index (χ4n) is 3.35. The van der Waals surface area contributed by atoms with Crippen molar-refractivity contribution in [1.82, 2.24) is 14.5 Å². The number of nitrogens with zero attached hydrogens (tertiary/aromatic N) is 3. The van der Waals surface area contributed by atoms with Crippen molar-refractivity contribution in [2.24, 2.45) is 0 Å². The van der Waals surface area contributed by atoms with Crippen molar-refractivity contribution in [1.29, 1.82) is 0 Å². The van der Waals surface area contributed by atoms with Crippen LogP contribution in [0.25, 0.3) is 11.2 Å². The van der Waals surface area contributed by atoms with E-state index in [0.29, 0.717) is 11.9 Å². The Morgan fingerprint density at radius 1 is 1.14 bits per heavy atom. The van der Waals surface area contributed by atoms with Gasteiger partial charge in [0.15, 0.2) is 5.65 Å². The average molecular weight is 298 g/mol. The first-order chi connectivity index (χ1) is 10.4. The van der Waals surface area contributed by atoms with Gasteiger partial charge in [-0.3, -0.25) is 0 Å². The second-order valence-corrected chi connectivity index (χ2v) is 5.81. The molecule has 2 heterocycles. The number of rotatable bonds is 2. The SMILES string of the molecule is ClCc1nc2cccnc2n1C1CCc2ccccc2C1. The highest BCUT2D eigenvalue weighted by atomic mass is 35.5. The fraction of sp³-hybridized carbons (Fsp3) is 0.294. The van der Waals surface area contributed by atoms with Gasteiger partial charge in [0, 0.05) is 12.2 Å². The van der Waals surface area contributed by atoms with Gasteiger partial charge in [0.1, 0.15) is 11.3 Å². The number of imidazole rings is 1. The Balaban J connectivity index is 1.81. The quantitative estimate of drug-likeness (QED) is 0.672. The molecule has 0 saturated carbocycles. The molecule has 0 saturated heterocycles. The van der Waals surface area contributed by atoms with Crippen LogP contribution in [0.5, 0.6) is 0 Å². The van der Waals surface area contributed by atoms with E-state index in [-0.39, 0.29) is 0 Å². The van der Waals surface area contributed by atoms with Gasteiger partial charge < -0.3 is 4.57 Å². The molecule has 1 aliphatic carbocycles. The lowest BCUT2D eigenvalue weighted by Crippen LogP contribution is -2.20. The molecule has 2 aromatic heterocycles. The summed E-state index contributed by atoms with van der Waals surface area (Å²) in [6.45, 7) is 0. The largest absolute Gasteiger partial charge is 0.308 e. The zero-order chi connectivity index (χ0) is 14.2. The molecular formula is C17H16ClN3. The third-order valence-electron chi connectivity index (χ3n) is 4.33. The number of alkyl halides is 1. The first-order valence-electron chi connectivity index (χ1n) is 7.31. The Bertz CT molecular complexity index is 794. The van der Waals surface area contributed by atoms with Gasteiger partial charge in [0.2, 0.25) is 0 Å². The number of aromatic nitrogens is 3. The summed E-state index contributed by atoms with van der Waals surface area (Å²) in [5, 5.41) is 0. The smallest absolute Gasteiger partial charge is 0.160 e. The molecule has 1 aromatic carbocycles. The molecule has 0 spiro atoms. The summed E-state index contributed by atoms with van der Waals surface area (Å²) < 4.78 is 2.25. The van der Waals surface area contributed by atoms with E-state index in [2.05, 4.69) is 38.8 Å². The zero-order valence-corrected chi connectivity index (χ0v) is 12.4. The highest BCUT2D eigenvalue weighted by Crippen LogP contribution is 2.32. The number of fused-ring (bicyclic) bond motifs is 2. The van der Waals surface area contributed by atoms with Crippen LogP contribution in [-0.4, -0.2) is 14.5 Å². The van der Waals surface area contributed by atoms with Crippen molar-refractivity contribution in [2.45, 2.75) is 31.2 Å². The Labute approximate surface area is 128 Å². The van der Waals surface area contributed by atoms with E-state index < -0.39 is 0 Å². The number of halogens is 1. The fourth-order valence-corrected chi connectivity index (χ4v) is 3.54. The normalized spacial score (nSPS) is 17.9. The van der Waals surface area contributed by atoms with Crippen LogP contribution in [0.15, 0.2) is 42.6 Å². The van der Waals surface area contributed by atoms with E-state index in [1.165, 1.54) is 11.1 Å². The van der Waals surface area contributed by atoms with Crippen LogP contribution >= 0.6 is 11.6 Å². The maximum absolute atomic E-state index is 6.11. The number of hydrogen-bond donors (Lipinski definition) is 0. The molecule has 0 N–H and O–H groups in total. The summed E-state index contributed by atoms with van der Waals surface area (Å²) >= 11 is 6.11. The maximum atomic E-state index is 6.11. The van der Waals surface area contributed by atoms with Crippen LogP contribution in [0, 0.1) is 0 Å². The number of hydrogen-bond acceptors (Lipinski definition) is 2. The van der Waals surface area contributed by atoms with Gasteiger partial charge in [-0.05, 0) is 42.5 Å². The van der Waals surface area contributed by atoms with Crippen molar-refractivity contribution < 1.29 is 0 Å². The molecule has 21 heavy (non-hydrogen) atoms. The van der Waals surface area contributed by atoms with Crippen molar-refractivity contribution in [3.63, 3.8) is 0 Å². The van der Waals surface area contributed by atoms with Gasteiger partial charge in [-0.15, -0.1) is 11.6 Å². The summed E-state index contributed by atoms with van der Waals surface area (Å²) in [5.41, 5.74) is 4.80. The molecule has 106 valence electrons. The maximum Gasteiger partial charge on any atom is 0.160 e. The number of pyridine rings is 1. The summed E-state index contributed by atoms with van der Waals surface area (Å²) in [6.07, 6.45) is 5.08. The van der Waals surface area contributed by atoms with E-state index in [9.17, 15) is 0 Å². The molecular weight excluding hydrogens is 282 g/mol. The van der Waals surface area contributed by atoms with E-state index in [1.54, 1.807) is 0 Å². The monoisotopic (exact) mass is 297 g/mol. The Hall–Kier alpha value is -1.87. The van der Waals surface area contributed by atoms with Gasteiger partial charge in [0.05, 0.1) is 5.88 Å². The minimum atomic E-state index is 0.397. The van der Waals surface area contributed by atoms with Crippen molar-refractivity contribution in [3.05, 3.63) is 59.5 Å². The molecule has 0 radical (unpaired) electrons. The van der Waals surface area contributed by atoms with Crippen LogP contribution in [0.1, 0.15) is 29.4 Å². The van der Waals surface area contributed by atoms with Crippen LogP contribution in [0.2, 0.25) is 0 Å².